The van der Waals surface area contributed by atoms with E-state index in [1.165, 1.54) is 0 Å². The number of nitrogens with one attached hydrogen (secondary N) is 1. The fraction of sp³-hybridized carbons (Fsp3) is 0.200. The predicted molar refractivity (Wildman–Crippen MR) is 67.7 cm³/mol. The predicted octanol–water partition coefficient (Wildman–Crippen LogP) is 1.61. The number of benzene rings is 1. The quantitative estimate of drug-likeness (QED) is 0.641. The summed E-state index contributed by atoms with van der Waals surface area (Å²) in [7, 11) is 0. The molecule has 2 amide bonds. The number of hydrogen-bond donors (Lipinski definition) is 2. The standard InChI is InChI=1S/C9H11NOS.CH3NOS.Zn/c1-7(10-9(11)12)8-5-3-2-4-6-8;2-1(3)4;/h2-7H,1H3,(H2,10,11,12);(H3,2,3,4);/q;;+2/p-2. The zero-order valence-electron chi connectivity index (χ0n) is 9.38. The van der Waals surface area contributed by atoms with Crippen LogP contribution < -0.4 is 11.1 Å². The Morgan fingerprint density at radius 2 is 1.65 bits per heavy atom. The molecule has 0 aliphatic rings. The summed E-state index contributed by atoms with van der Waals surface area (Å²) in [6, 6.07) is 9.71. The van der Waals surface area contributed by atoms with Gasteiger partial charge in [0.15, 0.2) is 0 Å². The van der Waals surface area contributed by atoms with Crippen molar-refractivity contribution in [3.05, 3.63) is 35.9 Å². The maximum atomic E-state index is 10.5. The van der Waals surface area contributed by atoms with Crippen LogP contribution in [0.15, 0.2) is 30.3 Å². The van der Waals surface area contributed by atoms with Crippen LogP contribution in [0.4, 0.5) is 9.59 Å². The summed E-state index contributed by atoms with van der Waals surface area (Å²) in [5.41, 5.74) is 5.35. The minimum absolute atomic E-state index is 0. The smallest absolute Gasteiger partial charge is 0.719 e. The second-order valence-electron chi connectivity index (χ2n) is 2.88. The molecule has 4 nitrogen and oxygen atoms in total. The van der Waals surface area contributed by atoms with Gasteiger partial charge in [0, 0.05) is 6.04 Å². The molecule has 0 aromatic heterocycles. The molecule has 0 spiro atoms. The zero-order valence-corrected chi connectivity index (χ0v) is 14.0. The number of carbonyl (C=O) groups excluding carboxylic acids is 2. The molecule has 0 radical (unpaired) electrons. The number of amides is 2. The number of nitrogens with two attached hydrogens (primary N) is 1. The Morgan fingerprint density at radius 3 is 2.00 bits per heavy atom. The van der Waals surface area contributed by atoms with Gasteiger partial charge in [-0.05, 0) is 12.5 Å². The molecule has 0 aliphatic carbocycles. The van der Waals surface area contributed by atoms with Crippen molar-refractivity contribution in [2.75, 3.05) is 0 Å². The van der Waals surface area contributed by atoms with Gasteiger partial charge in [-0.2, -0.15) is 0 Å². The van der Waals surface area contributed by atoms with Crippen molar-refractivity contribution in [2.24, 2.45) is 5.73 Å². The second kappa shape index (κ2) is 10.4. The summed E-state index contributed by atoms with van der Waals surface area (Å²) >= 11 is 8.16. The van der Waals surface area contributed by atoms with Crippen LogP contribution in [-0.4, -0.2) is 10.5 Å². The summed E-state index contributed by atoms with van der Waals surface area (Å²) in [6.07, 6.45) is 0. The van der Waals surface area contributed by atoms with E-state index in [1.807, 2.05) is 37.3 Å². The molecule has 1 rings (SSSR count). The van der Waals surface area contributed by atoms with Gasteiger partial charge in [0.05, 0.1) is 10.5 Å². The van der Waals surface area contributed by atoms with Crippen molar-refractivity contribution in [2.45, 2.75) is 13.0 Å². The number of primary amides is 1. The van der Waals surface area contributed by atoms with Crippen LogP contribution in [0.1, 0.15) is 18.5 Å². The first kappa shape index (κ1) is 18.6. The van der Waals surface area contributed by atoms with E-state index in [4.69, 9.17) is 4.79 Å². The van der Waals surface area contributed by atoms with E-state index in [0.29, 0.717) is 0 Å². The van der Waals surface area contributed by atoms with Gasteiger partial charge in [0.25, 0.3) is 0 Å². The number of carbonyl (C=O) groups is 2. The Kier molecular flexibility index (Phi) is 11.3. The molecule has 1 unspecified atom stereocenters. The molecule has 88 valence electrons. The molecular weight excluding hydrogens is 310 g/mol. The van der Waals surface area contributed by atoms with Crippen LogP contribution in [-0.2, 0) is 44.7 Å². The Balaban J connectivity index is 0. The third-order valence-electron chi connectivity index (χ3n) is 1.63. The van der Waals surface area contributed by atoms with Crippen LogP contribution in [0.25, 0.3) is 0 Å². The molecular formula is C10H12N2O2S2Zn. The van der Waals surface area contributed by atoms with Gasteiger partial charge in [0.1, 0.15) is 0 Å². The minimum Gasteiger partial charge on any atom is -0.719 e. The van der Waals surface area contributed by atoms with Crippen molar-refractivity contribution in [1.82, 2.24) is 5.32 Å². The topological polar surface area (TPSA) is 72.2 Å². The molecule has 0 heterocycles. The Bertz CT molecular complexity index is 345. The van der Waals surface area contributed by atoms with E-state index < -0.39 is 10.5 Å². The summed E-state index contributed by atoms with van der Waals surface area (Å²) in [5.74, 6) is 0. The Labute approximate surface area is 124 Å². The third-order valence-corrected chi connectivity index (χ3v) is 1.75. The van der Waals surface area contributed by atoms with Crippen LogP contribution >= 0.6 is 0 Å². The van der Waals surface area contributed by atoms with E-state index in [-0.39, 0.29) is 25.5 Å². The van der Waals surface area contributed by atoms with E-state index in [1.54, 1.807) is 0 Å². The molecule has 0 fully saturated rings. The normalized spacial score (nSPS) is 9.94. The number of rotatable bonds is 2. The molecule has 1 aromatic carbocycles. The van der Waals surface area contributed by atoms with Gasteiger partial charge < -0.3 is 45.9 Å². The van der Waals surface area contributed by atoms with Crippen LogP contribution in [0.3, 0.4) is 0 Å². The van der Waals surface area contributed by atoms with E-state index in [9.17, 15) is 4.79 Å². The molecule has 1 atom stereocenters. The van der Waals surface area contributed by atoms with Gasteiger partial charge >= 0.3 is 19.5 Å². The SMILES string of the molecule is CC(NC(=O)[S-])c1ccccc1.NC(=O)[S-].[Zn+2]. The fourth-order valence-corrected chi connectivity index (χ4v) is 1.18. The van der Waals surface area contributed by atoms with Crippen molar-refractivity contribution >= 4 is 35.7 Å². The minimum atomic E-state index is -0.750. The summed E-state index contributed by atoms with van der Waals surface area (Å²) < 4.78 is 0. The Morgan fingerprint density at radius 1 is 1.24 bits per heavy atom. The summed E-state index contributed by atoms with van der Waals surface area (Å²) in [6.45, 7) is 1.90. The summed E-state index contributed by atoms with van der Waals surface area (Å²) in [5, 5.41) is 1.47. The first-order valence-electron chi connectivity index (χ1n) is 4.42. The molecule has 17 heavy (non-hydrogen) atoms. The Hall–Kier alpha value is -0.777. The van der Waals surface area contributed by atoms with Crippen molar-refractivity contribution < 1.29 is 29.1 Å². The maximum Gasteiger partial charge on any atom is 2.00 e. The molecule has 3 N–H and O–H groups in total. The van der Waals surface area contributed by atoms with E-state index >= 15 is 0 Å². The van der Waals surface area contributed by atoms with Gasteiger partial charge in [-0.15, -0.1) is 0 Å². The molecule has 0 bridgehead atoms. The number of hydrogen-bond acceptors (Lipinski definition) is 4. The largest absolute Gasteiger partial charge is 2.00 e. The van der Waals surface area contributed by atoms with Gasteiger partial charge in [-0.1, -0.05) is 30.3 Å². The second-order valence-corrected chi connectivity index (χ2v) is 3.66. The van der Waals surface area contributed by atoms with Crippen LogP contribution in [0.2, 0.25) is 0 Å². The van der Waals surface area contributed by atoms with Gasteiger partial charge in [-0.25, -0.2) is 0 Å². The van der Waals surface area contributed by atoms with Crippen molar-refractivity contribution in [3.63, 3.8) is 0 Å². The monoisotopic (exact) mass is 320 g/mol. The first-order valence-corrected chi connectivity index (χ1v) is 5.24. The zero-order chi connectivity index (χ0) is 12.6. The van der Waals surface area contributed by atoms with E-state index in [0.717, 1.165) is 5.56 Å². The fourth-order valence-electron chi connectivity index (χ4n) is 1.00. The first-order chi connectivity index (χ1) is 7.43. The average Bonchev–Trinajstić information content (AvgIpc) is 2.17. The molecule has 0 aliphatic heterocycles. The van der Waals surface area contributed by atoms with Gasteiger partial charge in [-0.3, -0.25) is 0 Å². The van der Waals surface area contributed by atoms with Gasteiger partial charge in [0.2, 0.25) is 0 Å². The molecule has 7 heteroatoms. The molecule has 0 saturated heterocycles. The van der Waals surface area contributed by atoms with Crippen LogP contribution in [0, 0.1) is 0 Å². The van der Waals surface area contributed by atoms with Crippen LogP contribution in [0.5, 0.6) is 0 Å². The molecule has 1 aromatic rings. The summed E-state index contributed by atoms with van der Waals surface area (Å²) in [4.78, 5) is 19.6. The van der Waals surface area contributed by atoms with E-state index in [2.05, 4.69) is 36.3 Å². The molecule has 0 saturated carbocycles. The van der Waals surface area contributed by atoms with Crippen molar-refractivity contribution in [1.29, 1.82) is 0 Å². The van der Waals surface area contributed by atoms with Crippen molar-refractivity contribution in [3.8, 4) is 0 Å². The maximum absolute atomic E-state index is 10.5. The third kappa shape index (κ3) is 11.5. The average molecular weight is 322 g/mol.